The van der Waals surface area contributed by atoms with Gasteiger partial charge in [-0.1, -0.05) is 12.1 Å². The van der Waals surface area contributed by atoms with Gasteiger partial charge in [-0.3, -0.25) is 0 Å². The summed E-state index contributed by atoms with van der Waals surface area (Å²) in [6.07, 6.45) is -2.40. The summed E-state index contributed by atoms with van der Waals surface area (Å²) in [7, 11) is 0. The molecule has 1 aliphatic heterocycles. The van der Waals surface area contributed by atoms with Crippen LogP contribution in [0.5, 0.6) is 0 Å². The first-order chi connectivity index (χ1) is 7.07. The summed E-state index contributed by atoms with van der Waals surface area (Å²) < 4.78 is 42.2. The molecule has 0 aromatic heterocycles. The predicted octanol–water partition coefficient (Wildman–Crippen LogP) is 3.56. The zero-order valence-electron chi connectivity index (χ0n) is 8.05. The van der Waals surface area contributed by atoms with Crippen molar-refractivity contribution in [3.05, 3.63) is 35.4 Å². The molecular formula is C11H11F3O. The fourth-order valence-corrected chi connectivity index (χ4v) is 1.73. The molecule has 1 fully saturated rings. The van der Waals surface area contributed by atoms with Crippen molar-refractivity contribution in [1.82, 2.24) is 0 Å². The van der Waals surface area contributed by atoms with Crippen LogP contribution < -0.4 is 0 Å². The van der Waals surface area contributed by atoms with Crippen LogP contribution in [-0.2, 0) is 10.9 Å². The van der Waals surface area contributed by atoms with Crippen molar-refractivity contribution in [3.63, 3.8) is 0 Å². The van der Waals surface area contributed by atoms with Crippen molar-refractivity contribution in [1.29, 1.82) is 0 Å². The molecule has 82 valence electrons. The Morgan fingerprint density at radius 1 is 1.13 bits per heavy atom. The summed E-state index contributed by atoms with van der Waals surface area (Å²) in [6.45, 7) is 0.700. The third-order valence-corrected chi connectivity index (χ3v) is 2.54. The lowest BCUT2D eigenvalue weighted by atomic mass is 10.0. The van der Waals surface area contributed by atoms with Gasteiger partial charge in [-0.2, -0.15) is 13.2 Å². The van der Waals surface area contributed by atoms with Gasteiger partial charge in [0, 0.05) is 6.61 Å². The van der Waals surface area contributed by atoms with E-state index in [-0.39, 0.29) is 6.10 Å². The summed E-state index contributed by atoms with van der Waals surface area (Å²) in [5.74, 6) is 0. The SMILES string of the molecule is FC(F)(F)c1ccc([C@@H]2CCCO2)cc1. The number of rotatable bonds is 1. The van der Waals surface area contributed by atoms with E-state index in [0.29, 0.717) is 6.61 Å². The van der Waals surface area contributed by atoms with Crippen LogP contribution in [0.15, 0.2) is 24.3 Å². The number of halogens is 3. The van der Waals surface area contributed by atoms with Crippen molar-refractivity contribution >= 4 is 0 Å². The summed E-state index contributed by atoms with van der Waals surface area (Å²) in [5.41, 5.74) is 0.227. The zero-order chi connectivity index (χ0) is 10.9. The Bertz CT molecular complexity index is 323. The Kier molecular flexibility index (Phi) is 2.69. The lowest BCUT2D eigenvalue weighted by molar-refractivity contribution is -0.137. The Morgan fingerprint density at radius 3 is 2.27 bits per heavy atom. The van der Waals surface area contributed by atoms with Gasteiger partial charge in [-0.15, -0.1) is 0 Å². The molecule has 4 heteroatoms. The molecule has 1 aliphatic rings. The molecule has 1 atom stereocenters. The van der Waals surface area contributed by atoms with Crippen LogP contribution in [0.1, 0.15) is 30.1 Å². The zero-order valence-corrected chi connectivity index (χ0v) is 8.05. The van der Waals surface area contributed by atoms with Crippen LogP contribution in [0, 0.1) is 0 Å². The molecule has 1 aromatic carbocycles. The van der Waals surface area contributed by atoms with E-state index in [2.05, 4.69) is 0 Å². The summed E-state index contributed by atoms with van der Waals surface area (Å²) >= 11 is 0. The van der Waals surface area contributed by atoms with Gasteiger partial charge in [0.25, 0.3) is 0 Å². The highest BCUT2D eigenvalue weighted by molar-refractivity contribution is 5.26. The Labute approximate surface area is 85.9 Å². The quantitative estimate of drug-likeness (QED) is 0.697. The highest BCUT2D eigenvalue weighted by Gasteiger charge is 2.30. The maximum Gasteiger partial charge on any atom is 0.416 e. The van der Waals surface area contributed by atoms with Gasteiger partial charge in [-0.05, 0) is 30.5 Å². The van der Waals surface area contributed by atoms with Crippen molar-refractivity contribution < 1.29 is 17.9 Å². The molecular weight excluding hydrogens is 205 g/mol. The molecule has 0 N–H and O–H groups in total. The highest BCUT2D eigenvalue weighted by Crippen LogP contribution is 2.32. The minimum Gasteiger partial charge on any atom is -0.374 e. The standard InChI is InChI=1S/C11H11F3O/c12-11(13,14)9-5-3-8(4-6-9)10-2-1-7-15-10/h3-6,10H,1-2,7H2/t10-/m0/s1. The summed E-state index contributed by atoms with van der Waals surface area (Å²) in [4.78, 5) is 0. The van der Waals surface area contributed by atoms with Crippen LogP contribution in [0.3, 0.4) is 0 Å². The van der Waals surface area contributed by atoms with Crippen LogP contribution in [0.4, 0.5) is 13.2 Å². The molecule has 15 heavy (non-hydrogen) atoms. The molecule has 0 spiro atoms. The van der Waals surface area contributed by atoms with Gasteiger partial charge < -0.3 is 4.74 Å². The number of alkyl halides is 3. The van der Waals surface area contributed by atoms with E-state index in [9.17, 15) is 13.2 Å². The Morgan fingerprint density at radius 2 is 1.80 bits per heavy atom. The highest BCUT2D eigenvalue weighted by atomic mass is 19.4. The molecule has 0 aliphatic carbocycles. The maximum atomic E-state index is 12.3. The van der Waals surface area contributed by atoms with E-state index >= 15 is 0 Å². The lowest BCUT2D eigenvalue weighted by Crippen LogP contribution is -2.05. The molecule has 0 bridgehead atoms. The monoisotopic (exact) mass is 216 g/mol. The largest absolute Gasteiger partial charge is 0.416 e. The first kappa shape index (κ1) is 10.5. The van der Waals surface area contributed by atoms with Gasteiger partial charge in [-0.25, -0.2) is 0 Å². The third kappa shape index (κ3) is 2.31. The van der Waals surface area contributed by atoms with Crippen molar-refractivity contribution in [2.75, 3.05) is 6.61 Å². The molecule has 0 radical (unpaired) electrons. The third-order valence-electron chi connectivity index (χ3n) is 2.54. The van der Waals surface area contributed by atoms with Gasteiger partial charge >= 0.3 is 6.18 Å². The molecule has 2 rings (SSSR count). The second-order valence-corrected chi connectivity index (χ2v) is 3.62. The van der Waals surface area contributed by atoms with Crippen molar-refractivity contribution in [2.24, 2.45) is 0 Å². The summed E-state index contributed by atoms with van der Waals surface area (Å²) in [5, 5.41) is 0. The molecule has 0 saturated carbocycles. The minimum absolute atomic E-state index is 0.0210. The van der Waals surface area contributed by atoms with E-state index in [4.69, 9.17) is 4.74 Å². The van der Waals surface area contributed by atoms with Crippen molar-refractivity contribution in [2.45, 2.75) is 25.1 Å². The van der Waals surface area contributed by atoms with Crippen LogP contribution in [0.25, 0.3) is 0 Å². The average Bonchev–Trinajstić information content (AvgIpc) is 2.69. The maximum absolute atomic E-state index is 12.3. The van der Waals surface area contributed by atoms with Gasteiger partial charge in [0.05, 0.1) is 11.7 Å². The fourth-order valence-electron chi connectivity index (χ4n) is 1.73. The Hall–Kier alpha value is -1.03. The number of ether oxygens (including phenoxy) is 1. The summed E-state index contributed by atoms with van der Waals surface area (Å²) in [6, 6.07) is 5.21. The second-order valence-electron chi connectivity index (χ2n) is 3.62. The normalized spacial score (nSPS) is 21.9. The minimum atomic E-state index is -4.25. The van der Waals surface area contributed by atoms with Crippen LogP contribution in [0.2, 0.25) is 0 Å². The molecule has 1 heterocycles. The van der Waals surface area contributed by atoms with Crippen molar-refractivity contribution in [3.8, 4) is 0 Å². The molecule has 1 saturated heterocycles. The molecule has 0 unspecified atom stereocenters. The predicted molar refractivity (Wildman–Crippen MR) is 49.4 cm³/mol. The second kappa shape index (κ2) is 3.85. The fraction of sp³-hybridized carbons (Fsp3) is 0.455. The van der Waals surface area contributed by atoms with E-state index < -0.39 is 11.7 Å². The van der Waals surface area contributed by atoms with E-state index in [0.717, 1.165) is 30.5 Å². The molecule has 1 aromatic rings. The number of benzene rings is 1. The van der Waals surface area contributed by atoms with Crippen LogP contribution >= 0.6 is 0 Å². The van der Waals surface area contributed by atoms with Gasteiger partial charge in [0.2, 0.25) is 0 Å². The molecule has 0 amide bonds. The van der Waals surface area contributed by atoms with E-state index in [1.54, 1.807) is 0 Å². The van der Waals surface area contributed by atoms with Gasteiger partial charge in [0.15, 0.2) is 0 Å². The molecule has 1 nitrogen and oxygen atoms in total. The van der Waals surface area contributed by atoms with Crippen LogP contribution in [-0.4, -0.2) is 6.61 Å². The van der Waals surface area contributed by atoms with Gasteiger partial charge in [0.1, 0.15) is 0 Å². The van der Waals surface area contributed by atoms with E-state index in [1.807, 2.05) is 0 Å². The average molecular weight is 216 g/mol. The topological polar surface area (TPSA) is 9.23 Å². The number of hydrogen-bond donors (Lipinski definition) is 0. The lowest BCUT2D eigenvalue weighted by Gasteiger charge is -2.11. The smallest absolute Gasteiger partial charge is 0.374 e. The number of hydrogen-bond acceptors (Lipinski definition) is 1. The van der Waals surface area contributed by atoms with E-state index in [1.165, 1.54) is 12.1 Å². The first-order valence-corrected chi connectivity index (χ1v) is 4.86. The first-order valence-electron chi connectivity index (χ1n) is 4.86. The Balaban J connectivity index is 2.16.